The lowest BCUT2D eigenvalue weighted by Gasteiger charge is -2.10. The summed E-state index contributed by atoms with van der Waals surface area (Å²) in [5, 5.41) is 7.12. The van der Waals surface area contributed by atoms with Crippen molar-refractivity contribution in [3.63, 3.8) is 0 Å². The molecule has 2 rings (SSSR count). The molecule has 0 bridgehead atoms. The second-order valence-corrected chi connectivity index (χ2v) is 4.56. The van der Waals surface area contributed by atoms with Crippen LogP contribution in [-0.4, -0.2) is 37.7 Å². The zero-order chi connectivity index (χ0) is 14.4. The van der Waals surface area contributed by atoms with Gasteiger partial charge in [0.2, 0.25) is 5.91 Å². The third-order valence-corrected chi connectivity index (χ3v) is 2.93. The lowest BCUT2D eigenvalue weighted by Crippen LogP contribution is -2.31. The average Bonchev–Trinajstić information content (AvgIpc) is 2.44. The number of nitrogens with one attached hydrogen (secondary N) is 2. The number of pyridine rings is 1. The number of carbonyl (C=O) groups is 1. The fraction of sp³-hybridized carbons (Fsp3) is 0.333. The van der Waals surface area contributed by atoms with Gasteiger partial charge in [-0.15, -0.1) is 0 Å². The number of rotatable bonds is 6. The summed E-state index contributed by atoms with van der Waals surface area (Å²) in [5.41, 5.74) is 2.05. The third-order valence-electron chi connectivity index (χ3n) is 2.93. The summed E-state index contributed by atoms with van der Waals surface area (Å²) in [6.45, 7) is 3.27. The molecule has 1 aromatic carbocycles. The number of carbonyl (C=O) groups excluding carboxylic acids is 1. The van der Waals surface area contributed by atoms with Crippen molar-refractivity contribution in [3.05, 3.63) is 35.9 Å². The van der Waals surface area contributed by atoms with Gasteiger partial charge < -0.3 is 15.4 Å². The van der Waals surface area contributed by atoms with Gasteiger partial charge >= 0.3 is 0 Å². The molecule has 1 aromatic heterocycles. The average molecular weight is 273 g/mol. The van der Waals surface area contributed by atoms with Gasteiger partial charge in [-0.3, -0.25) is 4.79 Å². The van der Waals surface area contributed by atoms with Crippen molar-refractivity contribution in [1.29, 1.82) is 0 Å². The summed E-state index contributed by atoms with van der Waals surface area (Å²) in [7, 11) is 1.50. The molecule has 0 aliphatic rings. The standard InChI is InChI=1S/C15H19N3O2/c1-11-9-12-5-3-4-6-13(12)18-15(11)17-8-7-16-14(19)10-20-2/h3-6,9H,7-8,10H2,1-2H3,(H,16,19)(H,17,18). The van der Waals surface area contributed by atoms with Crippen LogP contribution in [0.25, 0.3) is 10.9 Å². The van der Waals surface area contributed by atoms with E-state index < -0.39 is 0 Å². The van der Waals surface area contributed by atoms with Crippen LogP contribution in [0, 0.1) is 6.92 Å². The Labute approximate surface area is 118 Å². The molecule has 1 amide bonds. The van der Waals surface area contributed by atoms with Gasteiger partial charge in [0.05, 0.1) is 5.52 Å². The number of hydrogen-bond donors (Lipinski definition) is 2. The summed E-state index contributed by atoms with van der Waals surface area (Å²) >= 11 is 0. The van der Waals surface area contributed by atoms with Crippen molar-refractivity contribution in [2.24, 2.45) is 0 Å². The number of nitrogens with zero attached hydrogens (tertiary/aromatic N) is 1. The van der Waals surface area contributed by atoms with Crippen LogP contribution in [0.4, 0.5) is 5.82 Å². The first-order valence-corrected chi connectivity index (χ1v) is 6.56. The van der Waals surface area contributed by atoms with E-state index >= 15 is 0 Å². The number of anilines is 1. The normalized spacial score (nSPS) is 10.5. The van der Waals surface area contributed by atoms with Gasteiger partial charge in [0, 0.05) is 25.6 Å². The smallest absolute Gasteiger partial charge is 0.246 e. The molecule has 0 saturated heterocycles. The van der Waals surface area contributed by atoms with Crippen molar-refractivity contribution < 1.29 is 9.53 Å². The van der Waals surface area contributed by atoms with Crippen molar-refractivity contribution in [3.8, 4) is 0 Å². The molecule has 0 unspecified atom stereocenters. The molecule has 0 atom stereocenters. The van der Waals surface area contributed by atoms with E-state index in [1.165, 1.54) is 7.11 Å². The van der Waals surface area contributed by atoms with E-state index in [1.807, 2.05) is 31.2 Å². The van der Waals surface area contributed by atoms with E-state index in [0.29, 0.717) is 13.1 Å². The predicted molar refractivity (Wildman–Crippen MR) is 79.9 cm³/mol. The molecule has 0 aliphatic carbocycles. The first kappa shape index (κ1) is 14.3. The molecule has 20 heavy (non-hydrogen) atoms. The number of fused-ring (bicyclic) bond motifs is 1. The van der Waals surface area contributed by atoms with Gasteiger partial charge in [-0.1, -0.05) is 18.2 Å². The van der Waals surface area contributed by atoms with E-state index in [9.17, 15) is 4.79 Å². The van der Waals surface area contributed by atoms with Crippen LogP contribution in [0.15, 0.2) is 30.3 Å². The number of aryl methyl sites for hydroxylation is 1. The molecule has 0 radical (unpaired) electrons. The number of methoxy groups -OCH3 is 1. The first-order valence-electron chi connectivity index (χ1n) is 6.56. The van der Waals surface area contributed by atoms with Gasteiger partial charge in [0.15, 0.2) is 0 Å². The summed E-state index contributed by atoms with van der Waals surface area (Å²) in [4.78, 5) is 15.8. The van der Waals surface area contributed by atoms with Crippen molar-refractivity contribution in [2.75, 3.05) is 32.1 Å². The summed E-state index contributed by atoms with van der Waals surface area (Å²) < 4.78 is 4.74. The second kappa shape index (κ2) is 6.86. The number of amides is 1. The van der Waals surface area contributed by atoms with Crippen LogP contribution in [0.5, 0.6) is 0 Å². The highest BCUT2D eigenvalue weighted by atomic mass is 16.5. The largest absolute Gasteiger partial charge is 0.375 e. The quantitative estimate of drug-likeness (QED) is 0.787. The molecule has 0 saturated carbocycles. The maximum Gasteiger partial charge on any atom is 0.246 e. The lowest BCUT2D eigenvalue weighted by atomic mass is 10.1. The highest BCUT2D eigenvalue weighted by molar-refractivity contribution is 5.81. The Bertz CT molecular complexity index is 599. The Balaban J connectivity index is 1.93. The Hall–Kier alpha value is -2.14. The maximum atomic E-state index is 11.2. The molecule has 106 valence electrons. The van der Waals surface area contributed by atoms with Crippen LogP contribution in [0.1, 0.15) is 5.56 Å². The van der Waals surface area contributed by atoms with Crippen molar-refractivity contribution >= 4 is 22.6 Å². The molecule has 0 fully saturated rings. The van der Waals surface area contributed by atoms with Crippen LogP contribution in [-0.2, 0) is 9.53 Å². The van der Waals surface area contributed by atoms with Crippen LogP contribution >= 0.6 is 0 Å². The minimum absolute atomic E-state index is 0.0905. The van der Waals surface area contributed by atoms with E-state index in [1.54, 1.807) is 0 Å². The van der Waals surface area contributed by atoms with Gasteiger partial charge in [-0.05, 0) is 24.6 Å². The highest BCUT2D eigenvalue weighted by Crippen LogP contribution is 2.19. The lowest BCUT2D eigenvalue weighted by molar-refractivity contribution is -0.124. The van der Waals surface area contributed by atoms with Crippen molar-refractivity contribution in [2.45, 2.75) is 6.92 Å². The second-order valence-electron chi connectivity index (χ2n) is 4.56. The molecular formula is C15H19N3O2. The molecule has 5 heteroatoms. The number of benzene rings is 1. The first-order chi connectivity index (χ1) is 9.70. The number of hydrogen-bond acceptors (Lipinski definition) is 4. The number of aromatic nitrogens is 1. The number of para-hydroxylation sites is 1. The highest BCUT2D eigenvalue weighted by Gasteiger charge is 2.03. The molecule has 1 heterocycles. The summed E-state index contributed by atoms with van der Waals surface area (Å²) in [5.74, 6) is 0.738. The fourth-order valence-electron chi connectivity index (χ4n) is 1.97. The molecule has 5 nitrogen and oxygen atoms in total. The Morgan fingerprint density at radius 3 is 2.90 bits per heavy atom. The summed E-state index contributed by atoms with van der Waals surface area (Å²) in [6.07, 6.45) is 0. The van der Waals surface area contributed by atoms with E-state index in [0.717, 1.165) is 22.3 Å². The maximum absolute atomic E-state index is 11.2. The SMILES string of the molecule is COCC(=O)NCCNc1nc2ccccc2cc1C. The van der Waals surface area contributed by atoms with Gasteiger partial charge in [-0.25, -0.2) is 4.98 Å². The van der Waals surface area contributed by atoms with Gasteiger partial charge in [0.25, 0.3) is 0 Å². The molecule has 0 aliphatic heterocycles. The summed E-state index contributed by atoms with van der Waals surface area (Å²) in [6, 6.07) is 10.1. The Kier molecular flexibility index (Phi) is 4.90. The third kappa shape index (κ3) is 3.68. The Morgan fingerprint density at radius 1 is 1.30 bits per heavy atom. The molecule has 0 spiro atoms. The minimum atomic E-state index is -0.113. The van der Waals surface area contributed by atoms with Crippen LogP contribution in [0.2, 0.25) is 0 Å². The van der Waals surface area contributed by atoms with E-state index in [-0.39, 0.29) is 12.5 Å². The van der Waals surface area contributed by atoms with Gasteiger partial charge in [-0.2, -0.15) is 0 Å². The number of ether oxygens (including phenoxy) is 1. The molecular weight excluding hydrogens is 254 g/mol. The van der Waals surface area contributed by atoms with E-state index in [4.69, 9.17) is 4.74 Å². The zero-order valence-electron chi connectivity index (χ0n) is 11.8. The van der Waals surface area contributed by atoms with Crippen LogP contribution < -0.4 is 10.6 Å². The zero-order valence-corrected chi connectivity index (χ0v) is 11.8. The van der Waals surface area contributed by atoms with Crippen molar-refractivity contribution in [1.82, 2.24) is 10.3 Å². The minimum Gasteiger partial charge on any atom is -0.375 e. The Morgan fingerprint density at radius 2 is 2.10 bits per heavy atom. The van der Waals surface area contributed by atoms with Crippen LogP contribution in [0.3, 0.4) is 0 Å². The topological polar surface area (TPSA) is 63.2 Å². The monoisotopic (exact) mass is 273 g/mol. The molecule has 2 N–H and O–H groups in total. The fourth-order valence-corrected chi connectivity index (χ4v) is 1.97. The van der Waals surface area contributed by atoms with E-state index in [2.05, 4.69) is 21.7 Å². The van der Waals surface area contributed by atoms with Gasteiger partial charge in [0.1, 0.15) is 12.4 Å². The predicted octanol–water partition coefficient (Wildman–Crippen LogP) is 1.72. The molecule has 2 aromatic rings.